The minimum atomic E-state index is -0.222. The number of hydrogen-bond donors (Lipinski definition) is 2. The van der Waals surface area contributed by atoms with Crippen LogP contribution in [0.25, 0.3) is 0 Å². The molecule has 1 amide bonds. The van der Waals surface area contributed by atoms with Crippen LogP contribution in [0.3, 0.4) is 0 Å². The van der Waals surface area contributed by atoms with Gasteiger partial charge in [-0.2, -0.15) is 0 Å². The molecule has 1 aliphatic carbocycles. The number of nitrogens with two attached hydrogens (primary N) is 1. The summed E-state index contributed by atoms with van der Waals surface area (Å²) in [5.41, 5.74) is 5.97. The zero-order valence-electron chi connectivity index (χ0n) is 11.4. The molecule has 0 aromatic carbocycles. The van der Waals surface area contributed by atoms with Gasteiger partial charge in [-0.05, 0) is 25.7 Å². The number of hydrogen-bond acceptors (Lipinski definition) is 2. The van der Waals surface area contributed by atoms with E-state index in [-0.39, 0.29) is 17.4 Å². The molecular formula is C14H28N2O. The van der Waals surface area contributed by atoms with E-state index in [4.69, 9.17) is 5.73 Å². The normalized spacial score (nSPS) is 18.8. The highest BCUT2D eigenvalue weighted by molar-refractivity contribution is 5.78. The van der Waals surface area contributed by atoms with Crippen LogP contribution < -0.4 is 11.1 Å². The van der Waals surface area contributed by atoms with E-state index in [1.807, 2.05) is 0 Å². The van der Waals surface area contributed by atoms with Crippen molar-refractivity contribution < 1.29 is 4.79 Å². The van der Waals surface area contributed by atoms with Crippen molar-refractivity contribution >= 4 is 5.91 Å². The molecule has 17 heavy (non-hydrogen) atoms. The van der Waals surface area contributed by atoms with E-state index in [2.05, 4.69) is 19.2 Å². The Morgan fingerprint density at radius 2 is 1.71 bits per heavy atom. The van der Waals surface area contributed by atoms with Crippen LogP contribution in [0.1, 0.15) is 65.2 Å². The smallest absolute Gasteiger partial charge is 0.223 e. The molecule has 0 aromatic heterocycles. The standard InChI is InChI=1S/C14H28N2O/c1-3-14(15,4-2)11-16-13(17)12-9-7-5-6-8-10-12/h12H,3-11,15H2,1-2H3,(H,16,17). The lowest BCUT2D eigenvalue weighted by molar-refractivity contribution is -0.125. The average Bonchev–Trinajstić information content (AvgIpc) is 2.64. The highest BCUT2D eigenvalue weighted by Crippen LogP contribution is 2.23. The van der Waals surface area contributed by atoms with E-state index in [0.717, 1.165) is 25.7 Å². The van der Waals surface area contributed by atoms with E-state index < -0.39 is 0 Å². The Labute approximate surface area is 106 Å². The first-order chi connectivity index (χ1) is 8.11. The van der Waals surface area contributed by atoms with Crippen molar-refractivity contribution in [3.05, 3.63) is 0 Å². The molecule has 1 rings (SSSR count). The fourth-order valence-corrected chi connectivity index (χ4v) is 2.45. The van der Waals surface area contributed by atoms with Crippen LogP contribution in [0.4, 0.5) is 0 Å². The second-order valence-corrected chi connectivity index (χ2v) is 5.48. The highest BCUT2D eigenvalue weighted by atomic mass is 16.1. The quantitative estimate of drug-likeness (QED) is 0.726. The Balaban J connectivity index is 2.37. The monoisotopic (exact) mass is 240 g/mol. The van der Waals surface area contributed by atoms with Gasteiger partial charge in [0.2, 0.25) is 5.91 Å². The predicted molar refractivity (Wildman–Crippen MR) is 71.7 cm³/mol. The molecule has 3 heteroatoms. The van der Waals surface area contributed by atoms with Crippen LogP contribution in [0.15, 0.2) is 0 Å². The van der Waals surface area contributed by atoms with E-state index in [9.17, 15) is 4.79 Å². The van der Waals surface area contributed by atoms with E-state index in [1.165, 1.54) is 25.7 Å². The lowest BCUT2D eigenvalue weighted by atomic mass is 9.93. The van der Waals surface area contributed by atoms with Gasteiger partial charge in [-0.25, -0.2) is 0 Å². The summed E-state index contributed by atoms with van der Waals surface area (Å²) >= 11 is 0. The van der Waals surface area contributed by atoms with Crippen LogP contribution in [0.5, 0.6) is 0 Å². The van der Waals surface area contributed by atoms with Crippen molar-refractivity contribution in [3.8, 4) is 0 Å². The van der Waals surface area contributed by atoms with Gasteiger partial charge in [-0.3, -0.25) is 4.79 Å². The Kier molecular flexibility index (Phi) is 5.96. The average molecular weight is 240 g/mol. The first-order valence-electron chi connectivity index (χ1n) is 7.18. The molecular weight excluding hydrogens is 212 g/mol. The van der Waals surface area contributed by atoms with Gasteiger partial charge in [-0.15, -0.1) is 0 Å². The van der Waals surface area contributed by atoms with Crippen molar-refractivity contribution in [2.24, 2.45) is 11.7 Å². The molecule has 0 spiro atoms. The molecule has 100 valence electrons. The maximum atomic E-state index is 12.1. The number of carbonyl (C=O) groups excluding carboxylic acids is 1. The number of nitrogens with one attached hydrogen (secondary N) is 1. The summed E-state index contributed by atoms with van der Waals surface area (Å²) in [5.74, 6) is 0.457. The third-order valence-corrected chi connectivity index (χ3v) is 4.25. The topological polar surface area (TPSA) is 55.1 Å². The summed E-state index contributed by atoms with van der Waals surface area (Å²) in [4.78, 5) is 12.1. The first-order valence-corrected chi connectivity index (χ1v) is 7.18. The maximum absolute atomic E-state index is 12.1. The van der Waals surface area contributed by atoms with Gasteiger partial charge in [0.15, 0.2) is 0 Å². The highest BCUT2D eigenvalue weighted by Gasteiger charge is 2.24. The molecule has 0 atom stereocenters. The van der Waals surface area contributed by atoms with Gasteiger partial charge in [0.1, 0.15) is 0 Å². The van der Waals surface area contributed by atoms with Crippen molar-refractivity contribution in [2.45, 2.75) is 70.8 Å². The summed E-state index contributed by atoms with van der Waals surface area (Å²) < 4.78 is 0. The van der Waals surface area contributed by atoms with E-state index >= 15 is 0 Å². The van der Waals surface area contributed by atoms with Crippen molar-refractivity contribution in [1.82, 2.24) is 5.32 Å². The van der Waals surface area contributed by atoms with Gasteiger partial charge in [0, 0.05) is 18.0 Å². The van der Waals surface area contributed by atoms with Crippen molar-refractivity contribution in [1.29, 1.82) is 0 Å². The van der Waals surface area contributed by atoms with Gasteiger partial charge >= 0.3 is 0 Å². The van der Waals surface area contributed by atoms with Crippen molar-refractivity contribution in [3.63, 3.8) is 0 Å². The largest absolute Gasteiger partial charge is 0.354 e. The number of amides is 1. The molecule has 0 unspecified atom stereocenters. The Hall–Kier alpha value is -0.570. The lowest BCUT2D eigenvalue weighted by Gasteiger charge is -2.27. The van der Waals surface area contributed by atoms with Crippen LogP contribution in [-0.4, -0.2) is 18.0 Å². The molecule has 1 fully saturated rings. The lowest BCUT2D eigenvalue weighted by Crippen LogP contribution is -2.50. The minimum Gasteiger partial charge on any atom is -0.354 e. The molecule has 0 saturated heterocycles. The summed E-state index contributed by atoms with van der Waals surface area (Å²) in [6, 6.07) is 0. The van der Waals surface area contributed by atoms with E-state index in [1.54, 1.807) is 0 Å². The zero-order valence-corrected chi connectivity index (χ0v) is 11.4. The molecule has 3 N–H and O–H groups in total. The Morgan fingerprint density at radius 1 is 1.18 bits per heavy atom. The summed E-state index contributed by atoms with van der Waals surface area (Å²) in [7, 11) is 0. The van der Waals surface area contributed by atoms with Gasteiger partial charge in [-0.1, -0.05) is 39.5 Å². The molecule has 0 aromatic rings. The SMILES string of the molecule is CCC(N)(CC)CNC(=O)C1CCCCCC1. The van der Waals surface area contributed by atoms with Gasteiger partial charge in [0.25, 0.3) is 0 Å². The third-order valence-electron chi connectivity index (χ3n) is 4.25. The van der Waals surface area contributed by atoms with Crippen LogP contribution in [0.2, 0.25) is 0 Å². The van der Waals surface area contributed by atoms with Crippen LogP contribution in [0, 0.1) is 5.92 Å². The molecule has 3 nitrogen and oxygen atoms in total. The van der Waals surface area contributed by atoms with Crippen molar-refractivity contribution in [2.75, 3.05) is 6.54 Å². The fourth-order valence-electron chi connectivity index (χ4n) is 2.45. The molecule has 0 radical (unpaired) electrons. The summed E-state index contributed by atoms with van der Waals surface area (Å²) in [5, 5.41) is 3.06. The van der Waals surface area contributed by atoms with Crippen LogP contribution >= 0.6 is 0 Å². The first kappa shape index (κ1) is 14.5. The second kappa shape index (κ2) is 7.00. The molecule has 0 aliphatic heterocycles. The third kappa shape index (κ3) is 4.66. The molecule has 0 bridgehead atoms. The molecule has 1 aliphatic rings. The maximum Gasteiger partial charge on any atom is 0.223 e. The summed E-state index contributed by atoms with van der Waals surface area (Å²) in [6.07, 6.45) is 8.91. The Bertz CT molecular complexity index is 228. The van der Waals surface area contributed by atoms with Crippen LogP contribution in [-0.2, 0) is 4.79 Å². The second-order valence-electron chi connectivity index (χ2n) is 5.48. The zero-order chi connectivity index (χ0) is 12.7. The number of carbonyl (C=O) groups is 1. The van der Waals surface area contributed by atoms with Gasteiger partial charge < -0.3 is 11.1 Å². The fraction of sp³-hybridized carbons (Fsp3) is 0.929. The van der Waals surface area contributed by atoms with E-state index in [0.29, 0.717) is 6.54 Å². The predicted octanol–water partition coefficient (Wildman–Crippen LogP) is 2.59. The summed E-state index contributed by atoms with van der Waals surface area (Å²) in [6.45, 7) is 4.79. The molecule has 0 heterocycles. The number of rotatable bonds is 5. The molecule has 1 saturated carbocycles. The Morgan fingerprint density at radius 3 is 2.18 bits per heavy atom. The van der Waals surface area contributed by atoms with Gasteiger partial charge in [0.05, 0.1) is 0 Å². The minimum absolute atomic E-state index is 0.222.